The minimum Gasteiger partial charge on any atom is -0.490 e. The Kier molecular flexibility index (Phi) is 7.66. The van der Waals surface area contributed by atoms with E-state index in [0.717, 1.165) is 12.0 Å². The largest absolute Gasteiger partial charge is 0.490 e. The molecule has 1 amide bonds. The second kappa shape index (κ2) is 9.75. The van der Waals surface area contributed by atoms with Crippen molar-refractivity contribution in [2.75, 3.05) is 19.8 Å². The first-order valence-electron chi connectivity index (χ1n) is 9.74. The molecular formula is C21H30FNO5. The number of amides is 1. The molecule has 0 aliphatic heterocycles. The quantitative estimate of drug-likeness (QED) is 0.502. The Balaban J connectivity index is 1.70. The summed E-state index contributed by atoms with van der Waals surface area (Å²) in [5.41, 5.74) is 0.341. The standard InChI is InChI=1S/C21H30FNO5/c1-5-26-19(24)13-15-11-16(15)14-7-8-18(17(22)12-14)27-10-6-9-23-20(25)28-21(2,3)4/h7-8,12,15-16H,5-6,9-11,13H2,1-4H3,(H,23,25). The van der Waals surface area contributed by atoms with Crippen LogP contribution in [0.1, 0.15) is 58.4 Å². The molecule has 1 aromatic rings. The molecule has 0 spiro atoms. The average Bonchev–Trinajstić information content (AvgIpc) is 3.33. The summed E-state index contributed by atoms with van der Waals surface area (Å²) < 4.78 is 29.8. The van der Waals surface area contributed by atoms with Crippen molar-refractivity contribution in [1.29, 1.82) is 0 Å². The van der Waals surface area contributed by atoms with Crippen LogP contribution >= 0.6 is 0 Å². The zero-order valence-electron chi connectivity index (χ0n) is 17.0. The number of hydrogen-bond acceptors (Lipinski definition) is 5. The number of alkyl carbamates (subject to hydrolysis) is 1. The molecule has 0 heterocycles. The Morgan fingerprint density at radius 3 is 2.68 bits per heavy atom. The third-order valence-corrected chi connectivity index (χ3v) is 4.29. The Labute approximate surface area is 165 Å². The summed E-state index contributed by atoms with van der Waals surface area (Å²) in [7, 11) is 0. The minimum absolute atomic E-state index is 0.184. The molecule has 2 atom stereocenters. The Hall–Kier alpha value is -2.31. The Morgan fingerprint density at radius 2 is 2.04 bits per heavy atom. The van der Waals surface area contributed by atoms with E-state index in [-0.39, 0.29) is 30.2 Å². The molecule has 0 radical (unpaired) electrons. The van der Waals surface area contributed by atoms with Crippen LogP contribution in [0.15, 0.2) is 18.2 Å². The summed E-state index contributed by atoms with van der Waals surface area (Å²) >= 11 is 0. The number of benzene rings is 1. The number of nitrogens with one attached hydrogen (secondary N) is 1. The van der Waals surface area contributed by atoms with Gasteiger partial charge in [-0.05, 0) is 70.1 Å². The normalized spacial score (nSPS) is 18.3. The van der Waals surface area contributed by atoms with E-state index in [9.17, 15) is 14.0 Å². The van der Waals surface area contributed by atoms with Gasteiger partial charge in [0, 0.05) is 13.0 Å². The maximum absolute atomic E-state index is 14.3. The SMILES string of the molecule is CCOC(=O)CC1CC1c1ccc(OCCCNC(=O)OC(C)(C)C)c(F)c1. The van der Waals surface area contributed by atoms with E-state index in [1.807, 2.05) is 6.07 Å². The van der Waals surface area contributed by atoms with Gasteiger partial charge in [0.2, 0.25) is 0 Å². The fourth-order valence-electron chi connectivity index (χ4n) is 2.94. The van der Waals surface area contributed by atoms with Crippen LogP contribution in [-0.4, -0.2) is 37.4 Å². The molecule has 1 aliphatic rings. The number of ether oxygens (including phenoxy) is 3. The van der Waals surface area contributed by atoms with E-state index in [0.29, 0.717) is 26.0 Å². The molecule has 0 aromatic heterocycles. The second-order valence-electron chi connectivity index (χ2n) is 7.93. The molecule has 1 aromatic carbocycles. The van der Waals surface area contributed by atoms with Crippen LogP contribution in [0.2, 0.25) is 0 Å². The monoisotopic (exact) mass is 395 g/mol. The number of esters is 1. The lowest BCUT2D eigenvalue weighted by molar-refractivity contribution is -0.143. The van der Waals surface area contributed by atoms with Gasteiger partial charge in [-0.25, -0.2) is 9.18 Å². The van der Waals surface area contributed by atoms with Crippen molar-refractivity contribution >= 4 is 12.1 Å². The van der Waals surface area contributed by atoms with Gasteiger partial charge in [0.05, 0.1) is 13.2 Å². The van der Waals surface area contributed by atoms with Gasteiger partial charge in [0.15, 0.2) is 11.6 Å². The number of carbonyl (C=O) groups excluding carboxylic acids is 2. The molecule has 1 N–H and O–H groups in total. The van der Waals surface area contributed by atoms with Gasteiger partial charge in [-0.1, -0.05) is 6.07 Å². The van der Waals surface area contributed by atoms with Gasteiger partial charge in [0.25, 0.3) is 0 Å². The minimum atomic E-state index is -0.539. The summed E-state index contributed by atoms with van der Waals surface area (Å²) in [6.45, 7) is 8.20. The molecular weight excluding hydrogens is 365 g/mol. The van der Waals surface area contributed by atoms with Gasteiger partial charge in [-0.2, -0.15) is 0 Å². The van der Waals surface area contributed by atoms with E-state index in [2.05, 4.69) is 5.32 Å². The van der Waals surface area contributed by atoms with Gasteiger partial charge in [-0.3, -0.25) is 4.79 Å². The highest BCUT2D eigenvalue weighted by Crippen LogP contribution is 2.50. The van der Waals surface area contributed by atoms with E-state index < -0.39 is 17.5 Å². The maximum Gasteiger partial charge on any atom is 0.407 e. The molecule has 0 bridgehead atoms. The summed E-state index contributed by atoms with van der Waals surface area (Å²) in [6.07, 6.45) is 1.30. The topological polar surface area (TPSA) is 73.9 Å². The van der Waals surface area contributed by atoms with Gasteiger partial charge < -0.3 is 19.5 Å². The smallest absolute Gasteiger partial charge is 0.407 e. The van der Waals surface area contributed by atoms with Gasteiger partial charge in [-0.15, -0.1) is 0 Å². The highest BCUT2D eigenvalue weighted by atomic mass is 19.1. The molecule has 6 nitrogen and oxygen atoms in total. The molecule has 156 valence electrons. The number of hydrogen-bond donors (Lipinski definition) is 1. The van der Waals surface area contributed by atoms with E-state index in [4.69, 9.17) is 14.2 Å². The number of halogens is 1. The van der Waals surface area contributed by atoms with Crippen molar-refractivity contribution in [2.45, 2.75) is 58.5 Å². The van der Waals surface area contributed by atoms with Crippen molar-refractivity contribution in [1.82, 2.24) is 5.32 Å². The summed E-state index contributed by atoms with van der Waals surface area (Å²) in [5, 5.41) is 2.63. The third kappa shape index (κ3) is 7.37. The van der Waals surface area contributed by atoms with Crippen molar-refractivity contribution < 1.29 is 28.2 Å². The number of rotatable bonds is 9. The van der Waals surface area contributed by atoms with Crippen LogP contribution < -0.4 is 10.1 Å². The zero-order chi connectivity index (χ0) is 20.7. The number of carbonyl (C=O) groups is 2. The molecule has 28 heavy (non-hydrogen) atoms. The predicted octanol–water partition coefficient (Wildman–Crippen LogP) is 4.18. The van der Waals surface area contributed by atoms with Crippen molar-refractivity contribution in [3.63, 3.8) is 0 Å². The van der Waals surface area contributed by atoms with Crippen LogP contribution in [0.25, 0.3) is 0 Å². The second-order valence-corrected chi connectivity index (χ2v) is 7.93. The highest BCUT2D eigenvalue weighted by molar-refractivity contribution is 5.70. The van der Waals surface area contributed by atoms with Gasteiger partial charge >= 0.3 is 12.1 Å². The first-order chi connectivity index (χ1) is 13.2. The predicted molar refractivity (Wildman–Crippen MR) is 103 cm³/mol. The first-order valence-corrected chi connectivity index (χ1v) is 9.74. The fourth-order valence-corrected chi connectivity index (χ4v) is 2.94. The molecule has 2 rings (SSSR count). The third-order valence-electron chi connectivity index (χ3n) is 4.29. The average molecular weight is 395 g/mol. The molecule has 2 unspecified atom stereocenters. The fraction of sp³-hybridized carbons (Fsp3) is 0.619. The molecule has 1 aliphatic carbocycles. The molecule has 1 saturated carbocycles. The summed E-state index contributed by atoms with van der Waals surface area (Å²) in [4.78, 5) is 23.0. The summed E-state index contributed by atoms with van der Waals surface area (Å²) in [6, 6.07) is 4.93. The van der Waals surface area contributed by atoms with Crippen LogP contribution in [0.3, 0.4) is 0 Å². The highest BCUT2D eigenvalue weighted by Gasteiger charge is 2.40. The Bertz CT molecular complexity index is 686. The van der Waals surface area contributed by atoms with Gasteiger partial charge in [0.1, 0.15) is 5.60 Å². The van der Waals surface area contributed by atoms with E-state index in [1.54, 1.807) is 33.8 Å². The lowest BCUT2D eigenvalue weighted by Crippen LogP contribution is -2.33. The van der Waals surface area contributed by atoms with Crippen molar-refractivity contribution in [3.8, 4) is 5.75 Å². The molecule has 7 heteroatoms. The zero-order valence-corrected chi connectivity index (χ0v) is 17.0. The van der Waals surface area contributed by atoms with Crippen LogP contribution in [0.5, 0.6) is 5.75 Å². The summed E-state index contributed by atoms with van der Waals surface area (Å²) in [5.74, 6) is -0.00598. The van der Waals surface area contributed by atoms with E-state index >= 15 is 0 Å². The van der Waals surface area contributed by atoms with Crippen LogP contribution in [0.4, 0.5) is 9.18 Å². The van der Waals surface area contributed by atoms with Crippen molar-refractivity contribution in [3.05, 3.63) is 29.6 Å². The lowest BCUT2D eigenvalue weighted by atomic mass is 10.1. The molecule has 1 fully saturated rings. The first kappa shape index (κ1) is 22.0. The van der Waals surface area contributed by atoms with Crippen LogP contribution in [0, 0.1) is 11.7 Å². The lowest BCUT2D eigenvalue weighted by Gasteiger charge is -2.19. The maximum atomic E-state index is 14.3. The van der Waals surface area contributed by atoms with Crippen LogP contribution in [-0.2, 0) is 14.3 Å². The van der Waals surface area contributed by atoms with Crippen molar-refractivity contribution in [2.24, 2.45) is 5.92 Å². The Morgan fingerprint density at radius 1 is 1.29 bits per heavy atom. The molecule has 0 saturated heterocycles. The van der Waals surface area contributed by atoms with E-state index in [1.165, 1.54) is 6.07 Å².